The first-order chi connectivity index (χ1) is 15.6. The minimum absolute atomic E-state index is 0.0515. The van der Waals surface area contributed by atoms with Crippen LogP contribution < -0.4 is 15.1 Å². The molecule has 0 radical (unpaired) electrons. The molecule has 1 fully saturated rings. The van der Waals surface area contributed by atoms with E-state index in [1.807, 2.05) is 60.7 Å². The lowest BCUT2D eigenvalue weighted by atomic mass is 10.2. The van der Waals surface area contributed by atoms with Crippen molar-refractivity contribution in [1.82, 2.24) is 24.6 Å². The molecule has 3 heterocycles. The molecule has 2 amide bonds. The number of nitrogens with zero attached hydrogens (tertiary/aromatic N) is 4. The maximum atomic E-state index is 13.7. The summed E-state index contributed by atoms with van der Waals surface area (Å²) >= 11 is 0. The predicted octanol–water partition coefficient (Wildman–Crippen LogP) is 4.19. The number of carbonyl (C=O) groups is 1. The molecule has 1 aliphatic heterocycles. The van der Waals surface area contributed by atoms with E-state index in [2.05, 4.69) is 37.8 Å². The summed E-state index contributed by atoms with van der Waals surface area (Å²) in [4.78, 5) is 20.5. The minimum atomic E-state index is -0.0515. The van der Waals surface area contributed by atoms with Crippen LogP contribution in [0.3, 0.4) is 0 Å². The molecule has 0 atom stereocenters. The van der Waals surface area contributed by atoms with Gasteiger partial charge in [0.25, 0.3) is 0 Å². The third-order valence-electron chi connectivity index (χ3n) is 6.12. The maximum Gasteiger partial charge on any atom is 0.426 e. The first-order valence-electron chi connectivity index (χ1n) is 10.7. The SMILES string of the molecule is CN1CC[N+](C(=O)Nc2cccnc2Nc2ccc3cn[nH]c3c2)(c2ccccc2)CC1. The fourth-order valence-corrected chi connectivity index (χ4v) is 4.18. The van der Waals surface area contributed by atoms with Crippen molar-refractivity contribution in [2.45, 2.75) is 0 Å². The number of hydrogen-bond acceptors (Lipinski definition) is 5. The highest BCUT2D eigenvalue weighted by atomic mass is 16.2. The summed E-state index contributed by atoms with van der Waals surface area (Å²) in [6.45, 7) is 3.13. The highest BCUT2D eigenvalue weighted by Crippen LogP contribution is 2.29. The number of aromatic nitrogens is 3. The normalized spacial score (nSPS) is 16.0. The molecule has 2 aromatic carbocycles. The first-order valence-corrected chi connectivity index (χ1v) is 10.7. The molecule has 3 N–H and O–H groups in total. The molecule has 0 unspecified atom stereocenters. The summed E-state index contributed by atoms with van der Waals surface area (Å²) in [6, 6.07) is 19.6. The van der Waals surface area contributed by atoms with Gasteiger partial charge in [-0.15, -0.1) is 0 Å². The zero-order valence-corrected chi connectivity index (χ0v) is 18.0. The van der Waals surface area contributed by atoms with E-state index in [4.69, 9.17) is 0 Å². The molecule has 5 rings (SSSR count). The van der Waals surface area contributed by atoms with Crippen molar-refractivity contribution in [2.24, 2.45) is 0 Å². The summed E-state index contributed by atoms with van der Waals surface area (Å²) in [6.07, 6.45) is 3.50. The van der Waals surface area contributed by atoms with Crippen LogP contribution in [0.2, 0.25) is 0 Å². The number of para-hydroxylation sites is 1. The molecule has 4 aromatic rings. The Bertz CT molecular complexity index is 1230. The smallest absolute Gasteiger partial charge is 0.338 e. The number of benzene rings is 2. The van der Waals surface area contributed by atoms with Gasteiger partial charge in [-0.05, 0) is 49.5 Å². The van der Waals surface area contributed by atoms with Gasteiger partial charge in [0.15, 0.2) is 5.82 Å². The van der Waals surface area contributed by atoms with E-state index in [1.54, 1.807) is 12.4 Å². The molecule has 0 bridgehead atoms. The van der Waals surface area contributed by atoms with Crippen molar-refractivity contribution in [3.8, 4) is 0 Å². The quantitative estimate of drug-likeness (QED) is 0.425. The number of likely N-dealkylation sites (N-methyl/N-ethyl adjacent to an activating group) is 1. The van der Waals surface area contributed by atoms with Gasteiger partial charge >= 0.3 is 6.03 Å². The molecule has 1 aliphatic rings. The largest absolute Gasteiger partial charge is 0.426 e. The maximum absolute atomic E-state index is 13.7. The van der Waals surface area contributed by atoms with Crippen LogP contribution in [-0.2, 0) is 0 Å². The number of hydrogen-bond donors (Lipinski definition) is 3. The van der Waals surface area contributed by atoms with Crippen LogP contribution in [0.15, 0.2) is 73.1 Å². The fraction of sp³-hybridized carbons (Fsp3) is 0.208. The van der Waals surface area contributed by atoms with Crippen LogP contribution in [0.25, 0.3) is 10.9 Å². The third-order valence-corrected chi connectivity index (χ3v) is 6.12. The number of rotatable bonds is 4. The van der Waals surface area contributed by atoms with Gasteiger partial charge in [0.2, 0.25) is 0 Å². The van der Waals surface area contributed by atoms with Crippen molar-refractivity contribution in [3.05, 3.63) is 73.1 Å². The average molecular weight is 429 g/mol. The molecular formula is C24H26N7O+. The summed E-state index contributed by atoms with van der Waals surface area (Å²) in [5.41, 5.74) is 3.45. The zero-order chi connectivity index (χ0) is 22.0. The Kier molecular flexibility index (Phi) is 5.30. The van der Waals surface area contributed by atoms with E-state index in [0.717, 1.165) is 35.4 Å². The Hall–Kier alpha value is -3.75. The summed E-state index contributed by atoms with van der Waals surface area (Å²) in [5.74, 6) is 0.597. The Labute approximate surface area is 186 Å². The van der Waals surface area contributed by atoms with Crippen molar-refractivity contribution in [2.75, 3.05) is 43.9 Å². The number of amides is 2. The number of quaternary nitrogens is 1. The lowest BCUT2D eigenvalue weighted by Gasteiger charge is -2.40. The Morgan fingerprint density at radius 1 is 1.06 bits per heavy atom. The van der Waals surface area contributed by atoms with E-state index in [-0.39, 0.29) is 10.5 Å². The fourth-order valence-electron chi connectivity index (χ4n) is 4.18. The molecule has 0 saturated carbocycles. The van der Waals surface area contributed by atoms with Gasteiger partial charge in [-0.3, -0.25) is 15.3 Å². The number of H-pyrrole nitrogens is 1. The Balaban J connectivity index is 1.43. The highest BCUT2D eigenvalue weighted by Gasteiger charge is 2.42. The molecule has 8 nitrogen and oxygen atoms in total. The van der Waals surface area contributed by atoms with Crippen molar-refractivity contribution < 1.29 is 4.79 Å². The van der Waals surface area contributed by atoms with Crippen molar-refractivity contribution >= 4 is 39.8 Å². The average Bonchev–Trinajstić information content (AvgIpc) is 3.29. The summed E-state index contributed by atoms with van der Waals surface area (Å²) in [5, 5.41) is 14.6. The van der Waals surface area contributed by atoms with Gasteiger partial charge in [0, 0.05) is 30.4 Å². The van der Waals surface area contributed by atoms with Gasteiger partial charge in [0.05, 0.1) is 17.4 Å². The summed E-state index contributed by atoms with van der Waals surface area (Å²) < 4.78 is 0.264. The molecule has 1 saturated heterocycles. The number of aromatic amines is 1. The van der Waals surface area contributed by atoms with E-state index >= 15 is 0 Å². The van der Waals surface area contributed by atoms with Gasteiger partial charge in [-0.25, -0.2) is 14.3 Å². The Morgan fingerprint density at radius 2 is 1.88 bits per heavy atom. The molecule has 0 spiro atoms. The number of piperazine rings is 1. The van der Waals surface area contributed by atoms with E-state index in [0.29, 0.717) is 24.6 Å². The number of carbonyl (C=O) groups excluding carboxylic acids is 1. The number of pyridine rings is 1. The van der Waals surface area contributed by atoms with Gasteiger partial charge < -0.3 is 5.32 Å². The van der Waals surface area contributed by atoms with Crippen LogP contribution in [-0.4, -0.2) is 59.3 Å². The second-order valence-corrected chi connectivity index (χ2v) is 8.18. The van der Waals surface area contributed by atoms with Gasteiger partial charge in [-0.2, -0.15) is 5.10 Å². The number of nitrogens with one attached hydrogen (secondary N) is 3. The van der Waals surface area contributed by atoms with E-state index < -0.39 is 0 Å². The predicted molar refractivity (Wildman–Crippen MR) is 128 cm³/mol. The lowest BCUT2D eigenvalue weighted by Crippen LogP contribution is -2.64. The number of urea groups is 1. The van der Waals surface area contributed by atoms with E-state index in [1.165, 1.54) is 0 Å². The second kappa shape index (κ2) is 8.41. The second-order valence-electron chi connectivity index (χ2n) is 8.18. The molecule has 8 heteroatoms. The van der Waals surface area contributed by atoms with Gasteiger partial charge in [0.1, 0.15) is 18.8 Å². The topological polar surface area (TPSA) is 85.9 Å². The molecule has 0 aliphatic carbocycles. The van der Waals surface area contributed by atoms with Crippen LogP contribution >= 0.6 is 0 Å². The molecular weight excluding hydrogens is 402 g/mol. The standard InChI is InChI=1S/C24H25N7O/c1-30-12-14-31(15-13-30,20-6-3-2-4-7-20)24(32)28-21-8-5-11-25-23(21)27-19-10-9-18-17-26-29-22(18)16-19/h2-11,16-17H,12-15H2,1H3,(H2-,25,26,27,28,29,32)/p+1. The van der Waals surface area contributed by atoms with Crippen LogP contribution in [0.5, 0.6) is 0 Å². The number of anilines is 3. The monoisotopic (exact) mass is 428 g/mol. The molecule has 32 heavy (non-hydrogen) atoms. The van der Waals surface area contributed by atoms with Crippen LogP contribution in [0, 0.1) is 0 Å². The number of fused-ring (bicyclic) bond motifs is 1. The van der Waals surface area contributed by atoms with Gasteiger partial charge in [-0.1, -0.05) is 18.2 Å². The first kappa shape index (κ1) is 20.2. The van der Waals surface area contributed by atoms with Crippen molar-refractivity contribution in [3.63, 3.8) is 0 Å². The van der Waals surface area contributed by atoms with Crippen LogP contribution in [0.4, 0.5) is 27.7 Å². The van der Waals surface area contributed by atoms with Crippen molar-refractivity contribution in [1.29, 1.82) is 0 Å². The van der Waals surface area contributed by atoms with E-state index in [9.17, 15) is 4.79 Å². The zero-order valence-electron chi connectivity index (χ0n) is 18.0. The van der Waals surface area contributed by atoms with Crippen LogP contribution in [0.1, 0.15) is 0 Å². The highest BCUT2D eigenvalue weighted by molar-refractivity contribution is 6.00. The third kappa shape index (κ3) is 3.81. The molecule has 2 aromatic heterocycles. The molecule has 162 valence electrons. The Morgan fingerprint density at radius 3 is 2.69 bits per heavy atom. The lowest BCUT2D eigenvalue weighted by molar-refractivity contribution is 0.165. The summed E-state index contributed by atoms with van der Waals surface area (Å²) in [7, 11) is 2.09. The minimum Gasteiger partial charge on any atom is -0.338 e.